The Bertz CT molecular complexity index is 948. The Labute approximate surface area is 166 Å². The number of fused-ring (bicyclic) bond motifs is 1. The number of hydrogen-bond acceptors (Lipinski definition) is 2. The van der Waals surface area contributed by atoms with Gasteiger partial charge in [-0.25, -0.2) is 9.37 Å². The van der Waals surface area contributed by atoms with Crippen LogP contribution in [0.5, 0.6) is 0 Å². The molecule has 0 N–H and O–H groups in total. The molecular formula is C23H28FN3O. The molecule has 0 spiro atoms. The Balaban J connectivity index is 1.95. The van der Waals surface area contributed by atoms with Crippen molar-refractivity contribution in [3.05, 3.63) is 65.7 Å². The molecule has 0 fully saturated rings. The van der Waals surface area contributed by atoms with Crippen molar-refractivity contribution in [2.24, 2.45) is 5.92 Å². The number of hydrogen-bond donors (Lipinski definition) is 0. The minimum Gasteiger partial charge on any atom is -0.331 e. The second-order valence-electron chi connectivity index (χ2n) is 7.56. The molecule has 0 aliphatic rings. The van der Waals surface area contributed by atoms with Gasteiger partial charge in [-0.2, -0.15) is 0 Å². The van der Waals surface area contributed by atoms with E-state index in [0.29, 0.717) is 19.0 Å². The molecule has 0 aliphatic carbocycles. The maximum atomic E-state index is 14.2. The van der Waals surface area contributed by atoms with Crippen LogP contribution in [0.25, 0.3) is 11.0 Å². The predicted octanol–water partition coefficient (Wildman–Crippen LogP) is 5.27. The molecule has 0 radical (unpaired) electrons. The first kappa shape index (κ1) is 20.1. The molecular weight excluding hydrogens is 353 g/mol. The zero-order valence-corrected chi connectivity index (χ0v) is 16.9. The highest BCUT2D eigenvalue weighted by atomic mass is 19.1. The van der Waals surface area contributed by atoms with Crippen LogP contribution < -0.4 is 0 Å². The number of aryl methyl sites for hydroxylation is 1. The Kier molecular flexibility index (Phi) is 6.45. The molecule has 3 aromatic rings. The topological polar surface area (TPSA) is 38.1 Å². The lowest BCUT2D eigenvalue weighted by atomic mass is 10.1. The van der Waals surface area contributed by atoms with E-state index in [1.165, 1.54) is 6.07 Å². The number of benzene rings is 2. The lowest BCUT2D eigenvalue weighted by molar-refractivity contribution is 0.0724. The zero-order chi connectivity index (χ0) is 20.1. The number of amides is 1. The number of imidazole rings is 1. The monoisotopic (exact) mass is 381 g/mol. The molecule has 0 atom stereocenters. The minimum absolute atomic E-state index is 0.115. The summed E-state index contributed by atoms with van der Waals surface area (Å²) in [5.41, 5.74) is 2.11. The molecule has 1 amide bonds. The van der Waals surface area contributed by atoms with Crippen LogP contribution in [0.2, 0.25) is 0 Å². The van der Waals surface area contributed by atoms with Crippen LogP contribution >= 0.6 is 0 Å². The molecule has 3 rings (SSSR count). The van der Waals surface area contributed by atoms with Gasteiger partial charge in [0.25, 0.3) is 5.91 Å². The van der Waals surface area contributed by atoms with Gasteiger partial charge >= 0.3 is 0 Å². The number of carbonyl (C=O) groups is 1. The van der Waals surface area contributed by atoms with Gasteiger partial charge in [-0.3, -0.25) is 4.79 Å². The SMILES string of the molecule is CCCn1c(CN(CCC(C)C)C(=O)c2ccccc2F)nc2ccccc21. The highest BCUT2D eigenvalue weighted by Gasteiger charge is 2.22. The molecule has 28 heavy (non-hydrogen) atoms. The summed E-state index contributed by atoms with van der Waals surface area (Å²) < 4.78 is 16.4. The van der Waals surface area contributed by atoms with Crippen LogP contribution in [-0.4, -0.2) is 26.9 Å². The highest BCUT2D eigenvalue weighted by molar-refractivity contribution is 5.94. The van der Waals surface area contributed by atoms with E-state index < -0.39 is 5.82 Å². The number of nitrogens with zero attached hydrogens (tertiary/aromatic N) is 3. The van der Waals surface area contributed by atoms with E-state index in [-0.39, 0.29) is 11.5 Å². The summed E-state index contributed by atoms with van der Waals surface area (Å²) in [4.78, 5) is 19.6. The van der Waals surface area contributed by atoms with Gasteiger partial charge in [-0.1, -0.05) is 45.0 Å². The second kappa shape index (κ2) is 9.00. The van der Waals surface area contributed by atoms with E-state index in [2.05, 4.69) is 31.4 Å². The van der Waals surface area contributed by atoms with Gasteiger partial charge < -0.3 is 9.47 Å². The number of halogens is 1. The van der Waals surface area contributed by atoms with E-state index in [1.54, 1.807) is 23.1 Å². The van der Waals surface area contributed by atoms with Crippen molar-refractivity contribution in [3.63, 3.8) is 0 Å². The van der Waals surface area contributed by atoms with Crippen molar-refractivity contribution < 1.29 is 9.18 Å². The molecule has 1 aromatic heterocycles. The van der Waals surface area contributed by atoms with Gasteiger partial charge in [0.15, 0.2) is 0 Å². The Morgan fingerprint density at radius 3 is 2.57 bits per heavy atom. The average Bonchev–Trinajstić information content (AvgIpc) is 3.02. The van der Waals surface area contributed by atoms with Gasteiger partial charge in [-0.05, 0) is 43.0 Å². The molecule has 4 nitrogen and oxygen atoms in total. The molecule has 1 heterocycles. The van der Waals surface area contributed by atoms with E-state index in [1.807, 2.05) is 18.2 Å². The van der Waals surface area contributed by atoms with E-state index in [4.69, 9.17) is 4.98 Å². The van der Waals surface area contributed by atoms with Crippen LogP contribution in [0.4, 0.5) is 4.39 Å². The van der Waals surface area contributed by atoms with Crippen molar-refractivity contribution in [3.8, 4) is 0 Å². The quantitative estimate of drug-likeness (QED) is 0.533. The predicted molar refractivity (Wildman–Crippen MR) is 111 cm³/mol. The van der Waals surface area contributed by atoms with Gasteiger partial charge in [-0.15, -0.1) is 0 Å². The average molecular weight is 381 g/mol. The fourth-order valence-electron chi connectivity index (χ4n) is 3.36. The number of aromatic nitrogens is 2. The van der Waals surface area contributed by atoms with Crippen LogP contribution in [-0.2, 0) is 13.1 Å². The maximum Gasteiger partial charge on any atom is 0.257 e. The third-order valence-electron chi connectivity index (χ3n) is 4.88. The van der Waals surface area contributed by atoms with Crippen LogP contribution in [0.1, 0.15) is 49.8 Å². The summed E-state index contributed by atoms with van der Waals surface area (Å²) in [7, 11) is 0. The second-order valence-corrected chi connectivity index (χ2v) is 7.56. The van der Waals surface area contributed by atoms with Gasteiger partial charge in [0.2, 0.25) is 0 Å². The Hall–Kier alpha value is -2.69. The van der Waals surface area contributed by atoms with Crippen molar-refractivity contribution in [1.29, 1.82) is 0 Å². The van der Waals surface area contributed by atoms with Crippen molar-refractivity contribution in [2.45, 2.75) is 46.7 Å². The summed E-state index contributed by atoms with van der Waals surface area (Å²) >= 11 is 0. The molecule has 0 aliphatic heterocycles. The molecule has 0 bridgehead atoms. The highest BCUT2D eigenvalue weighted by Crippen LogP contribution is 2.20. The number of carbonyl (C=O) groups excluding carboxylic acids is 1. The summed E-state index contributed by atoms with van der Waals surface area (Å²) in [6.45, 7) is 8.15. The fraction of sp³-hybridized carbons (Fsp3) is 0.391. The third-order valence-corrected chi connectivity index (χ3v) is 4.88. The molecule has 5 heteroatoms. The van der Waals surface area contributed by atoms with Crippen LogP contribution in [0.3, 0.4) is 0 Å². The van der Waals surface area contributed by atoms with E-state index in [9.17, 15) is 9.18 Å². The number of para-hydroxylation sites is 2. The standard InChI is InChI=1S/C23H28FN3O/c1-4-14-27-21-12-8-7-11-20(21)25-22(27)16-26(15-13-17(2)3)23(28)18-9-5-6-10-19(18)24/h5-12,17H,4,13-16H2,1-3H3. The summed E-state index contributed by atoms with van der Waals surface area (Å²) in [6, 6.07) is 14.2. The fourth-order valence-corrected chi connectivity index (χ4v) is 3.36. The smallest absolute Gasteiger partial charge is 0.257 e. The summed E-state index contributed by atoms with van der Waals surface area (Å²) in [6.07, 6.45) is 1.83. The lowest BCUT2D eigenvalue weighted by Crippen LogP contribution is -2.34. The van der Waals surface area contributed by atoms with Crippen molar-refractivity contribution >= 4 is 16.9 Å². The first-order valence-electron chi connectivity index (χ1n) is 9.99. The van der Waals surface area contributed by atoms with Crippen LogP contribution in [0, 0.1) is 11.7 Å². The molecule has 0 unspecified atom stereocenters. The Morgan fingerprint density at radius 1 is 1.14 bits per heavy atom. The van der Waals surface area contributed by atoms with Gasteiger partial charge in [0.05, 0.1) is 23.1 Å². The first-order valence-corrected chi connectivity index (χ1v) is 9.99. The summed E-state index contributed by atoms with van der Waals surface area (Å²) in [5.74, 6) is 0.528. The van der Waals surface area contributed by atoms with E-state index in [0.717, 1.165) is 36.2 Å². The molecule has 2 aromatic carbocycles. The zero-order valence-electron chi connectivity index (χ0n) is 16.9. The minimum atomic E-state index is -0.482. The molecule has 148 valence electrons. The summed E-state index contributed by atoms with van der Waals surface area (Å²) in [5, 5.41) is 0. The third kappa shape index (κ3) is 4.41. The molecule has 0 saturated carbocycles. The lowest BCUT2D eigenvalue weighted by Gasteiger charge is -2.24. The normalized spacial score (nSPS) is 11.3. The maximum absolute atomic E-state index is 14.2. The van der Waals surface area contributed by atoms with Gasteiger partial charge in [0.1, 0.15) is 11.6 Å². The van der Waals surface area contributed by atoms with Crippen LogP contribution in [0.15, 0.2) is 48.5 Å². The number of rotatable bonds is 8. The van der Waals surface area contributed by atoms with Crippen molar-refractivity contribution in [1.82, 2.24) is 14.5 Å². The van der Waals surface area contributed by atoms with Crippen molar-refractivity contribution in [2.75, 3.05) is 6.54 Å². The van der Waals surface area contributed by atoms with E-state index >= 15 is 0 Å². The molecule has 0 saturated heterocycles. The largest absolute Gasteiger partial charge is 0.331 e. The first-order chi connectivity index (χ1) is 13.5. The Morgan fingerprint density at radius 2 is 1.86 bits per heavy atom. The van der Waals surface area contributed by atoms with Gasteiger partial charge in [0, 0.05) is 13.1 Å².